The van der Waals surface area contributed by atoms with Crippen molar-refractivity contribution in [1.29, 1.82) is 5.26 Å². The number of benzene rings is 4. The number of anilines is 1. The number of carbonyl (C=O) groups excluding carboxylic acids is 2. The molecule has 4 aromatic carbocycles. The molecule has 0 saturated heterocycles. The van der Waals surface area contributed by atoms with Gasteiger partial charge in [-0.05, 0) is 53.9 Å². The lowest BCUT2D eigenvalue weighted by Gasteiger charge is -2.12. The summed E-state index contributed by atoms with van der Waals surface area (Å²) in [6.45, 7) is 0. The van der Waals surface area contributed by atoms with E-state index in [9.17, 15) is 30.1 Å². The largest absolute Gasteiger partial charge is 0.507 e. The number of hydrazone groups is 1. The molecule has 3 N–H and O–H groups in total. The number of thiazole rings is 1. The Morgan fingerprint density at radius 1 is 1.02 bits per heavy atom. The number of hydrogen-bond acceptors (Lipinski definition) is 9. The van der Waals surface area contributed by atoms with E-state index in [2.05, 4.69) is 26.9 Å². The summed E-state index contributed by atoms with van der Waals surface area (Å²) < 4.78 is 0.888. The number of nitro benzene ring substituents is 1. The van der Waals surface area contributed by atoms with E-state index >= 15 is 0 Å². The average Bonchev–Trinajstić information content (AvgIpc) is 3.43. The molecular weight excluding hydrogens is 568 g/mol. The third-order valence-electron chi connectivity index (χ3n) is 6.61. The zero-order chi connectivity index (χ0) is 30.3. The van der Waals surface area contributed by atoms with Crippen LogP contribution in [-0.2, 0) is 4.79 Å². The number of nitrogens with one attached hydrogen (secondary N) is 2. The molecule has 0 unspecified atom stereocenters. The highest BCUT2D eigenvalue weighted by Gasteiger charge is 2.23. The van der Waals surface area contributed by atoms with Crippen molar-refractivity contribution < 1.29 is 19.6 Å². The van der Waals surface area contributed by atoms with Gasteiger partial charge in [0.15, 0.2) is 0 Å². The molecule has 0 aliphatic heterocycles. The number of nitro groups is 1. The smallest absolute Gasteiger partial charge is 0.275 e. The predicted octanol–water partition coefficient (Wildman–Crippen LogP) is 6.27. The van der Waals surface area contributed by atoms with Crippen LogP contribution < -0.4 is 10.7 Å². The number of carbonyl (C=O) groups is 2. The monoisotopic (exact) mass is 592 g/mol. The van der Waals surface area contributed by atoms with Crippen LogP contribution in [0.4, 0.5) is 11.4 Å². The van der Waals surface area contributed by atoms with Gasteiger partial charge in [-0.1, -0.05) is 42.5 Å². The Labute approximate surface area is 249 Å². The van der Waals surface area contributed by atoms with Crippen LogP contribution in [-0.4, -0.2) is 32.5 Å². The topological polar surface area (TPSA) is 171 Å². The lowest BCUT2D eigenvalue weighted by atomic mass is 10.00. The Kier molecular flexibility index (Phi) is 8.64. The van der Waals surface area contributed by atoms with Crippen molar-refractivity contribution in [1.82, 2.24) is 10.4 Å². The van der Waals surface area contributed by atoms with Gasteiger partial charge in [-0.2, -0.15) is 10.4 Å². The number of para-hydroxylation sites is 1. The minimum absolute atomic E-state index is 0.0200. The molecular formula is C31H24N6O5S. The SMILES string of the molecule is N#C[C@H](/C(CCCC(=O)Nc1cccc([N+](=O)[O-])c1)=N\NC(=O)c1cc2ccccc2cc1O)c1nc2ccccc2s1. The van der Waals surface area contributed by atoms with Gasteiger partial charge in [0.25, 0.3) is 11.6 Å². The molecule has 0 aliphatic carbocycles. The average molecular weight is 593 g/mol. The van der Waals surface area contributed by atoms with Gasteiger partial charge >= 0.3 is 0 Å². The molecule has 5 rings (SSSR count). The Morgan fingerprint density at radius 3 is 2.51 bits per heavy atom. The second-order valence-electron chi connectivity index (χ2n) is 9.55. The molecule has 0 aliphatic rings. The molecule has 11 nitrogen and oxygen atoms in total. The molecule has 0 bridgehead atoms. The lowest BCUT2D eigenvalue weighted by molar-refractivity contribution is -0.384. The van der Waals surface area contributed by atoms with Gasteiger partial charge in [-0.25, -0.2) is 10.4 Å². The van der Waals surface area contributed by atoms with Gasteiger partial charge < -0.3 is 10.4 Å². The van der Waals surface area contributed by atoms with Crippen LogP contribution in [0.3, 0.4) is 0 Å². The molecule has 0 spiro atoms. The summed E-state index contributed by atoms with van der Waals surface area (Å²) in [5.74, 6) is -2.15. The van der Waals surface area contributed by atoms with E-state index in [1.54, 1.807) is 12.1 Å². The molecule has 214 valence electrons. The van der Waals surface area contributed by atoms with Gasteiger partial charge in [-0.3, -0.25) is 19.7 Å². The molecule has 0 radical (unpaired) electrons. The van der Waals surface area contributed by atoms with E-state index in [-0.39, 0.29) is 42.2 Å². The van der Waals surface area contributed by atoms with Crippen LogP contribution >= 0.6 is 11.3 Å². The first-order valence-electron chi connectivity index (χ1n) is 13.2. The number of nitrogens with zero attached hydrogens (tertiary/aromatic N) is 4. The molecule has 0 fully saturated rings. The van der Waals surface area contributed by atoms with Gasteiger partial charge in [0.05, 0.1) is 32.5 Å². The summed E-state index contributed by atoms with van der Waals surface area (Å²) in [4.78, 5) is 40.8. The van der Waals surface area contributed by atoms with Crippen LogP contribution in [0, 0.1) is 21.4 Å². The number of amides is 2. The quantitative estimate of drug-likeness (QED) is 0.0975. The van der Waals surface area contributed by atoms with E-state index in [1.165, 1.54) is 35.6 Å². The first kappa shape index (κ1) is 28.8. The van der Waals surface area contributed by atoms with Crippen molar-refractivity contribution >= 4 is 61.2 Å². The highest BCUT2D eigenvalue weighted by molar-refractivity contribution is 7.18. The third kappa shape index (κ3) is 6.80. The van der Waals surface area contributed by atoms with E-state index in [0.29, 0.717) is 16.4 Å². The Balaban J connectivity index is 1.35. The predicted molar refractivity (Wildman–Crippen MR) is 164 cm³/mol. The molecule has 1 aromatic heterocycles. The number of non-ortho nitro benzene ring substituents is 1. The molecule has 2 amide bonds. The number of phenolic OH excluding ortho intramolecular Hbond substituents is 1. The maximum Gasteiger partial charge on any atom is 0.275 e. The Morgan fingerprint density at radius 2 is 1.77 bits per heavy atom. The zero-order valence-electron chi connectivity index (χ0n) is 22.6. The van der Waals surface area contributed by atoms with Crippen molar-refractivity contribution in [3.8, 4) is 11.8 Å². The summed E-state index contributed by atoms with van der Waals surface area (Å²) >= 11 is 1.34. The van der Waals surface area contributed by atoms with Crippen LogP contribution in [0.2, 0.25) is 0 Å². The van der Waals surface area contributed by atoms with E-state index in [1.807, 2.05) is 48.5 Å². The Bertz CT molecular complexity index is 1900. The van der Waals surface area contributed by atoms with Crippen LogP contribution in [0.1, 0.15) is 40.5 Å². The molecule has 12 heteroatoms. The summed E-state index contributed by atoms with van der Waals surface area (Å²) in [5.41, 5.74) is 3.65. The minimum Gasteiger partial charge on any atom is -0.507 e. The molecule has 1 heterocycles. The standard InChI is InChI=1S/C31H24N6O5S/c32-18-24(31-34-26-11-3-4-13-28(26)43-31)25(12-6-14-29(39)33-21-9-5-10-22(17-21)37(41)42)35-36-30(40)23-15-19-7-1-2-8-20(19)16-27(23)38/h1-5,7-11,13,15-17,24,38H,6,12,14H2,(H,33,39)(H,36,40)/b35-25-/t24-/m1/s1. The number of phenols is 1. The summed E-state index contributed by atoms with van der Waals surface area (Å²) in [6.07, 6.45) is 0.458. The van der Waals surface area contributed by atoms with Crippen molar-refractivity contribution in [3.05, 3.63) is 106 Å². The van der Waals surface area contributed by atoms with E-state index in [4.69, 9.17) is 0 Å². The maximum absolute atomic E-state index is 13.1. The summed E-state index contributed by atoms with van der Waals surface area (Å²) in [7, 11) is 0. The van der Waals surface area contributed by atoms with Gasteiger partial charge in [0.1, 0.15) is 16.7 Å². The highest BCUT2D eigenvalue weighted by atomic mass is 32.1. The van der Waals surface area contributed by atoms with Crippen LogP contribution in [0.25, 0.3) is 21.0 Å². The molecule has 1 atom stereocenters. The second kappa shape index (κ2) is 12.9. The number of nitriles is 1. The normalized spacial score (nSPS) is 12.0. The number of hydrogen-bond donors (Lipinski definition) is 3. The van der Waals surface area contributed by atoms with Crippen molar-refractivity contribution in [3.63, 3.8) is 0 Å². The van der Waals surface area contributed by atoms with Crippen molar-refractivity contribution in [2.24, 2.45) is 5.10 Å². The minimum atomic E-state index is -0.900. The fourth-order valence-electron chi connectivity index (χ4n) is 4.49. The molecule has 43 heavy (non-hydrogen) atoms. The van der Waals surface area contributed by atoms with E-state index in [0.717, 1.165) is 21.0 Å². The number of fused-ring (bicyclic) bond motifs is 2. The van der Waals surface area contributed by atoms with E-state index < -0.39 is 16.7 Å². The molecule has 0 saturated carbocycles. The summed E-state index contributed by atoms with van der Waals surface area (Å²) in [5, 5.41) is 40.6. The maximum atomic E-state index is 13.1. The van der Waals surface area contributed by atoms with Crippen molar-refractivity contribution in [2.45, 2.75) is 25.2 Å². The Hall–Kier alpha value is -5.67. The molecule has 5 aromatic rings. The first-order chi connectivity index (χ1) is 20.8. The number of aromatic nitrogens is 1. The van der Waals surface area contributed by atoms with Crippen LogP contribution in [0.15, 0.2) is 90.0 Å². The fraction of sp³-hybridized carbons (Fsp3) is 0.129. The van der Waals surface area contributed by atoms with Gasteiger partial charge in [-0.15, -0.1) is 11.3 Å². The summed E-state index contributed by atoms with van der Waals surface area (Å²) in [6, 6.07) is 25.6. The number of aromatic hydroxyl groups is 1. The number of rotatable bonds is 10. The van der Waals surface area contributed by atoms with Gasteiger partial charge in [0, 0.05) is 24.2 Å². The van der Waals surface area contributed by atoms with Crippen LogP contribution in [0.5, 0.6) is 5.75 Å². The highest BCUT2D eigenvalue weighted by Crippen LogP contribution is 2.30. The zero-order valence-corrected chi connectivity index (χ0v) is 23.4. The van der Waals surface area contributed by atoms with Crippen molar-refractivity contribution in [2.75, 3.05) is 5.32 Å². The lowest BCUT2D eigenvalue weighted by Crippen LogP contribution is -2.23. The fourth-order valence-corrected chi connectivity index (χ4v) is 5.54. The van der Waals surface area contributed by atoms with Gasteiger partial charge in [0.2, 0.25) is 5.91 Å². The third-order valence-corrected chi connectivity index (χ3v) is 7.71. The first-order valence-corrected chi connectivity index (χ1v) is 14.0. The second-order valence-corrected chi connectivity index (χ2v) is 10.6.